The Labute approximate surface area is 173 Å². The van der Waals surface area contributed by atoms with E-state index in [2.05, 4.69) is 5.32 Å². The van der Waals surface area contributed by atoms with Gasteiger partial charge < -0.3 is 14.8 Å². The largest absolute Gasteiger partial charge is 0.477 e. The Morgan fingerprint density at radius 1 is 1.00 bits per heavy atom. The van der Waals surface area contributed by atoms with Gasteiger partial charge in [-0.15, -0.1) is 0 Å². The van der Waals surface area contributed by atoms with Gasteiger partial charge in [-0.3, -0.25) is 4.79 Å². The molecule has 8 heteroatoms. The van der Waals surface area contributed by atoms with Gasteiger partial charge in [0.15, 0.2) is 9.84 Å². The third-order valence-corrected chi connectivity index (χ3v) is 6.06. The molecular formula is C22H19NO6S. The van der Waals surface area contributed by atoms with Crippen LogP contribution in [-0.4, -0.2) is 31.2 Å². The lowest BCUT2D eigenvalue weighted by atomic mass is 10.2. The van der Waals surface area contributed by atoms with Crippen molar-refractivity contribution in [2.45, 2.75) is 11.8 Å². The summed E-state index contributed by atoms with van der Waals surface area (Å²) in [7, 11) is -3.30. The number of nitrogens with one attached hydrogen (secondary N) is 1. The number of benzene rings is 2. The van der Waals surface area contributed by atoms with Crippen molar-refractivity contribution in [1.29, 1.82) is 0 Å². The van der Waals surface area contributed by atoms with Gasteiger partial charge in [-0.25, -0.2) is 13.2 Å². The maximum Gasteiger partial charge on any atom is 0.352 e. The molecule has 0 aliphatic rings. The first kappa shape index (κ1) is 21.1. The summed E-state index contributed by atoms with van der Waals surface area (Å²) in [6, 6.07) is 17.7. The minimum Gasteiger partial charge on any atom is -0.477 e. The average Bonchev–Trinajstić information content (AvgIpc) is 3.22. The Morgan fingerprint density at radius 2 is 1.67 bits per heavy atom. The molecule has 0 aliphatic carbocycles. The summed E-state index contributed by atoms with van der Waals surface area (Å²) in [6.45, 7) is 1.57. The van der Waals surface area contributed by atoms with Gasteiger partial charge in [0.2, 0.25) is 0 Å². The summed E-state index contributed by atoms with van der Waals surface area (Å²) < 4.78 is 29.5. The van der Waals surface area contributed by atoms with E-state index in [1.54, 1.807) is 61.5 Å². The van der Waals surface area contributed by atoms with Crippen LogP contribution in [0.4, 0.5) is 0 Å². The fourth-order valence-electron chi connectivity index (χ4n) is 2.66. The molecule has 2 aromatic carbocycles. The number of hydrogen-bond donors (Lipinski definition) is 2. The topological polar surface area (TPSA) is 114 Å². The molecule has 0 fully saturated rings. The SMILES string of the molecule is CCS(=O)(=O)c1ccc(-c2ccc(/C=C(/NC(=O)c3ccccc3)C(=O)O)o2)cc1. The number of rotatable bonds is 7. The van der Waals surface area contributed by atoms with Gasteiger partial charge in [0.1, 0.15) is 17.2 Å². The Bertz CT molecular complexity index is 1190. The van der Waals surface area contributed by atoms with Crippen LogP contribution in [0.15, 0.2) is 81.7 Å². The minimum atomic E-state index is -3.30. The molecule has 0 saturated carbocycles. The molecule has 1 heterocycles. The number of carbonyl (C=O) groups excluding carboxylic acids is 1. The Balaban J connectivity index is 1.82. The quantitative estimate of drug-likeness (QED) is 0.559. The summed E-state index contributed by atoms with van der Waals surface area (Å²) >= 11 is 0. The maximum atomic E-state index is 12.2. The summed E-state index contributed by atoms with van der Waals surface area (Å²) in [5.74, 6) is -1.20. The third kappa shape index (κ3) is 4.84. The molecule has 0 unspecified atom stereocenters. The Hall–Kier alpha value is -3.65. The van der Waals surface area contributed by atoms with E-state index in [0.29, 0.717) is 16.9 Å². The second-order valence-electron chi connectivity index (χ2n) is 6.31. The number of amides is 1. The van der Waals surface area contributed by atoms with Gasteiger partial charge in [-0.05, 0) is 48.5 Å². The lowest BCUT2D eigenvalue weighted by Crippen LogP contribution is -2.27. The molecular weight excluding hydrogens is 406 g/mol. The van der Waals surface area contributed by atoms with Crippen LogP contribution < -0.4 is 5.32 Å². The molecule has 3 aromatic rings. The van der Waals surface area contributed by atoms with Gasteiger partial charge in [0.25, 0.3) is 5.91 Å². The van der Waals surface area contributed by atoms with Crippen molar-refractivity contribution in [2.75, 3.05) is 5.75 Å². The van der Waals surface area contributed by atoms with E-state index in [0.717, 1.165) is 0 Å². The van der Waals surface area contributed by atoms with Crippen LogP contribution in [0.25, 0.3) is 17.4 Å². The zero-order chi connectivity index (χ0) is 21.7. The second kappa shape index (κ2) is 8.79. The number of hydrogen-bond acceptors (Lipinski definition) is 5. The summed E-state index contributed by atoms with van der Waals surface area (Å²) in [6.07, 6.45) is 1.21. The summed E-state index contributed by atoms with van der Waals surface area (Å²) in [5.41, 5.74) is 0.621. The number of carbonyl (C=O) groups is 2. The second-order valence-corrected chi connectivity index (χ2v) is 8.59. The molecule has 0 radical (unpaired) electrons. The first-order chi connectivity index (χ1) is 14.3. The molecule has 3 rings (SSSR count). The van der Waals surface area contributed by atoms with Gasteiger partial charge >= 0.3 is 5.97 Å². The first-order valence-electron chi connectivity index (χ1n) is 9.04. The van der Waals surface area contributed by atoms with Crippen molar-refractivity contribution in [1.82, 2.24) is 5.32 Å². The van der Waals surface area contributed by atoms with Crippen LogP contribution in [0.2, 0.25) is 0 Å². The summed E-state index contributed by atoms with van der Waals surface area (Å²) in [5, 5.41) is 11.8. The van der Waals surface area contributed by atoms with Crippen LogP contribution in [0.1, 0.15) is 23.0 Å². The highest BCUT2D eigenvalue weighted by molar-refractivity contribution is 7.91. The van der Waals surface area contributed by atoms with Crippen molar-refractivity contribution >= 4 is 27.8 Å². The zero-order valence-corrected chi connectivity index (χ0v) is 16.8. The molecule has 0 bridgehead atoms. The van der Waals surface area contributed by atoms with E-state index in [9.17, 15) is 23.1 Å². The van der Waals surface area contributed by atoms with Crippen LogP contribution >= 0.6 is 0 Å². The number of furan rings is 1. The Kier molecular flexibility index (Phi) is 6.17. The normalized spacial score (nSPS) is 11.8. The van der Waals surface area contributed by atoms with Crippen molar-refractivity contribution in [3.8, 4) is 11.3 Å². The number of sulfone groups is 1. The van der Waals surface area contributed by atoms with Crippen LogP contribution in [-0.2, 0) is 14.6 Å². The van der Waals surface area contributed by atoms with Crippen LogP contribution in [0.3, 0.4) is 0 Å². The number of carboxylic acid groups (broad SMARTS) is 1. The predicted octanol–water partition coefficient (Wildman–Crippen LogP) is 3.60. The minimum absolute atomic E-state index is 0.00864. The maximum absolute atomic E-state index is 12.2. The molecule has 7 nitrogen and oxygen atoms in total. The molecule has 1 amide bonds. The molecule has 154 valence electrons. The number of carboxylic acids is 1. The highest BCUT2D eigenvalue weighted by atomic mass is 32.2. The highest BCUT2D eigenvalue weighted by Crippen LogP contribution is 2.25. The van der Waals surface area contributed by atoms with Crippen LogP contribution in [0.5, 0.6) is 0 Å². The lowest BCUT2D eigenvalue weighted by Gasteiger charge is -2.05. The summed E-state index contributed by atoms with van der Waals surface area (Å²) in [4.78, 5) is 24.0. The highest BCUT2D eigenvalue weighted by Gasteiger charge is 2.15. The van der Waals surface area contributed by atoms with Crippen molar-refractivity contribution in [3.05, 3.63) is 83.8 Å². The monoisotopic (exact) mass is 425 g/mol. The van der Waals surface area contributed by atoms with E-state index in [1.165, 1.54) is 18.2 Å². The lowest BCUT2D eigenvalue weighted by molar-refractivity contribution is -0.132. The van der Waals surface area contributed by atoms with Gasteiger partial charge in [-0.1, -0.05) is 25.1 Å². The average molecular weight is 425 g/mol. The third-order valence-electron chi connectivity index (χ3n) is 4.31. The van der Waals surface area contributed by atoms with E-state index >= 15 is 0 Å². The molecule has 0 atom stereocenters. The first-order valence-corrected chi connectivity index (χ1v) is 10.7. The molecule has 0 saturated heterocycles. The van der Waals surface area contributed by atoms with Crippen LogP contribution in [0, 0.1) is 0 Å². The van der Waals surface area contributed by atoms with Crippen molar-refractivity contribution in [2.24, 2.45) is 0 Å². The van der Waals surface area contributed by atoms with Gasteiger partial charge in [0.05, 0.1) is 10.6 Å². The smallest absolute Gasteiger partial charge is 0.352 e. The molecule has 30 heavy (non-hydrogen) atoms. The van der Waals surface area contributed by atoms with Gasteiger partial charge in [0, 0.05) is 17.2 Å². The Morgan fingerprint density at radius 3 is 2.27 bits per heavy atom. The van der Waals surface area contributed by atoms with E-state index in [4.69, 9.17) is 4.42 Å². The van der Waals surface area contributed by atoms with Crippen molar-refractivity contribution in [3.63, 3.8) is 0 Å². The standard InChI is InChI=1S/C22H19NO6S/c1-2-30(27,28)18-11-8-15(9-12-18)20-13-10-17(29-20)14-19(22(25)26)23-21(24)16-6-4-3-5-7-16/h3-14H,2H2,1H3,(H,23,24)(H,25,26)/b19-14+. The fraction of sp³-hybridized carbons (Fsp3) is 0.0909. The van der Waals surface area contributed by atoms with Gasteiger partial charge in [-0.2, -0.15) is 0 Å². The number of aliphatic carboxylic acids is 1. The fourth-order valence-corrected chi connectivity index (χ4v) is 3.54. The molecule has 0 aliphatic heterocycles. The van der Waals surface area contributed by atoms with Crippen molar-refractivity contribution < 1.29 is 27.5 Å². The molecule has 2 N–H and O–H groups in total. The van der Waals surface area contributed by atoms with E-state index in [-0.39, 0.29) is 22.1 Å². The zero-order valence-electron chi connectivity index (χ0n) is 16.0. The van der Waals surface area contributed by atoms with E-state index in [1.807, 2.05) is 0 Å². The molecule has 1 aromatic heterocycles. The predicted molar refractivity (Wildman–Crippen MR) is 111 cm³/mol. The van der Waals surface area contributed by atoms with E-state index < -0.39 is 21.7 Å². The molecule has 0 spiro atoms.